The molecule has 0 amide bonds. The maximum absolute atomic E-state index is 11.9. The summed E-state index contributed by atoms with van der Waals surface area (Å²) in [6.45, 7) is 2.85. The lowest BCUT2D eigenvalue weighted by Crippen LogP contribution is -2.36. The van der Waals surface area contributed by atoms with Crippen LogP contribution in [0.15, 0.2) is 36.4 Å². The summed E-state index contributed by atoms with van der Waals surface area (Å²) in [5.74, 6) is 0.983. The van der Waals surface area contributed by atoms with Crippen LogP contribution < -0.4 is 10.1 Å². The minimum Gasteiger partial charge on any atom is -0.490 e. The van der Waals surface area contributed by atoms with Crippen molar-refractivity contribution in [3.05, 3.63) is 58.7 Å². The molecule has 1 aliphatic carbocycles. The van der Waals surface area contributed by atoms with Crippen LogP contribution in [0.25, 0.3) is 0 Å². The molecule has 2 fully saturated rings. The quantitative estimate of drug-likeness (QED) is 0.744. The van der Waals surface area contributed by atoms with Crippen LogP contribution in [0.5, 0.6) is 5.75 Å². The lowest BCUT2D eigenvalue weighted by atomic mass is 9.76. The second-order valence-electron chi connectivity index (χ2n) is 8.35. The summed E-state index contributed by atoms with van der Waals surface area (Å²) in [6, 6.07) is 12.3. The zero-order chi connectivity index (χ0) is 20.0. The van der Waals surface area contributed by atoms with E-state index in [-0.39, 0.29) is 18.1 Å². The number of fused-ring (bicyclic) bond motifs is 3. The standard InChI is InChI=1S/C24H27NO4/c1-14-12-15(24(26)27-2)5-9-18(14)22-19-4-3-11-28-23(19)20-13-17(29-16-6-7-16)8-10-21(20)25-22/h5,8-10,12-13,16,19,22-23,25H,3-4,6-7,11H2,1-2H3/t19-,22-,23-/m1/s1. The van der Waals surface area contributed by atoms with Crippen LogP contribution in [-0.2, 0) is 9.47 Å². The van der Waals surface area contributed by atoms with Crippen molar-refractivity contribution in [2.24, 2.45) is 5.92 Å². The first-order valence-corrected chi connectivity index (χ1v) is 10.5. The number of carbonyl (C=O) groups excluding carboxylic acids is 1. The number of benzene rings is 2. The molecule has 5 rings (SSSR count). The Kier molecular flexibility index (Phi) is 4.70. The van der Waals surface area contributed by atoms with Gasteiger partial charge in [0.15, 0.2) is 0 Å². The Morgan fingerprint density at radius 1 is 1.10 bits per heavy atom. The second kappa shape index (κ2) is 7.38. The van der Waals surface area contributed by atoms with E-state index in [1.54, 1.807) is 0 Å². The van der Waals surface area contributed by atoms with Crippen molar-refractivity contribution in [3.8, 4) is 5.75 Å². The number of esters is 1. The highest BCUT2D eigenvalue weighted by atomic mass is 16.5. The molecule has 0 radical (unpaired) electrons. The molecule has 152 valence electrons. The number of carbonyl (C=O) groups is 1. The van der Waals surface area contributed by atoms with Gasteiger partial charge in [0.2, 0.25) is 0 Å². The van der Waals surface area contributed by atoms with E-state index in [2.05, 4.69) is 36.5 Å². The molecule has 2 aromatic carbocycles. The van der Waals surface area contributed by atoms with Crippen molar-refractivity contribution in [2.45, 2.75) is 50.9 Å². The SMILES string of the molecule is COC(=O)c1ccc([C@H]2Nc3ccc(OC4CC4)cc3[C@@H]3OCCC[C@H]23)c(C)c1. The summed E-state index contributed by atoms with van der Waals surface area (Å²) in [5, 5.41) is 3.76. The number of nitrogens with one attached hydrogen (secondary N) is 1. The predicted octanol–water partition coefficient (Wildman–Crippen LogP) is 4.96. The van der Waals surface area contributed by atoms with Gasteiger partial charge in [0.25, 0.3) is 0 Å². The van der Waals surface area contributed by atoms with Crippen LogP contribution in [0.1, 0.15) is 64.9 Å². The Hall–Kier alpha value is -2.53. The van der Waals surface area contributed by atoms with E-state index >= 15 is 0 Å². The van der Waals surface area contributed by atoms with Gasteiger partial charge < -0.3 is 19.5 Å². The zero-order valence-corrected chi connectivity index (χ0v) is 16.9. The molecular weight excluding hydrogens is 366 g/mol. The molecule has 0 bridgehead atoms. The highest BCUT2D eigenvalue weighted by molar-refractivity contribution is 5.89. The van der Waals surface area contributed by atoms with E-state index in [4.69, 9.17) is 14.2 Å². The van der Waals surface area contributed by atoms with Gasteiger partial charge in [-0.1, -0.05) is 6.07 Å². The normalized spacial score (nSPS) is 25.4. The van der Waals surface area contributed by atoms with Crippen molar-refractivity contribution in [1.29, 1.82) is 0 Å². The van der Waals surface area contributed by atoms with Gasteiger partial charge >= 0.3 is 5.97 Å². The van der Waals surface area contributed by atoms with E-state index < -0.39 is 0 Å². The Labute approximate surface area is 171 Å². The Balaban J connectivity index is 1.49. The molecule has 1 N–H and O–H groups in total. The monoisotopic (exact) mass is 393 g/mol. The molecule has 0 aromatic heterocycles. The Bertz CT molecular complexity index is 936. The van der Waals surface area contributed by atoms with Gasteiger partial charge in [0.05, 0.1) is 30.9 Å². The summed E-state index contributed by atoms with van der Waals surface area (Å²) < 4.78 is 17.2. The third kappa shape index (κ3) is 3.48. The first kappa shape index (κ1) is 18.5. The number of methoxy groups -OCH3 is 1. The van der Waals surface area contributed by atoms with Gasteiger partial charge in [0.1, 0.15) is 5.75 Å². The van der Waals surface area contributed by atoms with Crippen LogP contribution in [0.2, 0.25) is 0 Å². The maximum Gasteiger partial charge on any atom is 0.337 e. The van der Waals surface area contributed by atoms with Crippen molar-refractivity contribution in [3.63, 3.8) is 0 Å². The lowest BCUT2D eigenvalue weighted by Gasteiger charge is -2.44. The van der Waals surface area contributed by atoms with Gasteiger partial charge in [-0.05, 0) is 74.1 Å². The molecule has 3 aliphatic rings. The number of anilines is 1. The zero-order valence-electron chi connectivity index (χ0n) is 16.9. The van der Waals surface area contributed by atoms with Crippen LogP contribution in [-0.4, -0.2) is 25.8 Å². The van der Waals surface area contributed by atoms with Gasteiger partial charge in [0, 0.05) is 23.8 Å². The average Bonchev–Trinajstić information content (AvgIpc) is 3.57. The van der Waals surface area contributed by atoms with Gasteiger partial charge in [-0.15, -0.1) is 0 Å². The van der Waals surface area contributed by atoms with Gasteiger partial charge in [-0.2, -0.15) is 0 Å². The van der Waals surface area contributed by atoms with E-state index in [0.29, 0.717) is 17.6 Å². The van der Waals surface area contributed by atoms with Crippen LogP contribution in [0.3, 0.4) is 0 Å². The minimum absolute atomic E-state index is 0.0624. The van der Waals surface area contributed by atoms with Crippen molar-refractivity contribution >= 4 is 11.7 Å². The molecule has 1 saturated heterocycles. The first-order valence-electron chi connectivity index (χ1n) is 10.5. The predicted molar refractivity (Wildman–Crippen MR) is 110 cm³/mol. The van der Waals surface area contributed by atoms with Crippen molar-refractivity contribution < 1.29 is 19.0 Å². The van der Waals surface area contributed by atoms with Crippen LogP contribution in [0.4, 0.5) is 5.69 Å². The topological polar surface area (TPSA) is 56.8 Å². The smallest absolute Gasteiger partial charge is 0.337 e. The van der Waals surface area contributed by atoms with E-state index in [1.165, 1.54) is 18.2 Å². The average molecular weight is 393 g/mol. The number of rotatable bonds is 4. The highest BCUT2D eigenvalue weighted by Crippen LogP contribution is 2.50. The molecule has 0 unspecified atom stereocenters. The van der Waals surface area contributed by atoms with E-state index in [1.807, 2.05) is 12.1 Å². The molecule has 29 heavy (non-hydrogen) atoms. The molecule has 0 spiro atoms. The van der Waals surface area contributed by atoms with Crippen LogP contribution in [0, 0.1) is 12.8 Å². The Morgan fingerprint density at radius 3 is 2.72 bits per heavy atom. The van der Waals surface area contributed by atoms with Crippen molar-refractivity contribution in [2.75, 3.05) is 19.0 Å². The summed E-state index contributed by atoms with van der Waals surface area (Å²) in [6.07, 6.45) is 4.92. The molecule has 1 saturated carbocycles. The van der Waals surface area contributed by atoms with Gasteiger partial charge in [-0.3, -0.25) is 0 Å². The number of hydrogen-bond donors (Lipinski definition) is 1. The van der Waals surface area contributed by atoms with E-state index in [9.17, 15) is 4.79 Å². The summed E-state index contributed by atoms with van der Waals surface area (Å²) >= 11 is 0. The van der Waals surface area contributed by atoms with Crippen LogP contribution >= 0.6 is 0 Å². The second-order valence-corrected chi connectivity index (χ2v) is 8.35. The fraction of sp³-hybridized carbons (Fsp3) is 0.458. The van der Waals surface area contributed by atoms with Gasteiger partial charge in [-0.25, -0.2) is 4.79 Å². The summed E-state index contributed by atoms with van der Waals surface area (Å²) in [5.41, 5.74) is 5.20. The molecule has 3 atom stereocenters. The van der Waals surface area contributed by atoms with Crippen molar-refractivity contribution in [1.82, 2.24) is 0 Å². The highest BCUT2D eigenvalue weighted by Gasteiger charge is 2.40. The molecule has 2 aliphatic heterocycles. The number of hydrogen-bond acceptors (Lipinski definition) is 5. The molecule has 2 heterocycles. The fourth-order valence-corrected chi connectivity index (χ4v) is 4.68. The lowest BCUT2D eigenvalue weighted by molar-refractivity contribution is -0.0383. The fourth-order valence-electron chi connectivity index (χ4n) is 4.68. The molecule has 2 aromatic rings. The maximum atomic E-state index is 11.9. The summed E-state index contributed by atoms with van der Waals surface area (Å²) in [4.78, 5) is 11.9. The minimum atomic E-state index is -0.302. The molecule has 5 heteroatoms. The first-order chi connectivity index (χ1) is 14.1. The number of aryl methyl sites for hydroxylation is 1. The third-order valence-electron chi connectivity index (χ3n) is 6.29. The Morgan fingerprint density at radius 2 is 1.97 bits per heavy atom. The van der Waals surface area contributed by atoms with E-state index in [0.717, 1.165) is 49.3 Å². The summed E-state index contributed by atoms with van der Waals surface area (Å²) in [7, 11) is 1.41. The number of ether oxygens (including phenoxy) is 3. The molecule has 5 nitrogen and oxygen atoms in total. The molecular formula is C24H27NO4. The third-order valence-corrected chi connectivity index (χ3v) is 6.29. The largest absolute Gasteiger partial charge is 0.490 e.